The second-order valence-electron chi connectivity index (χ2n) is 8.49. The molecule has 192 valence electrons. The molecule has 9 nitrogen and oxygen atoms in total. The molecule has 0 unspecified atom stereocenters. The number of carbonyl (C=O) groups is 4. The van der Waals surface area contributed by atoms with Crippen LogP contribution in [0.3, 0.4) is 0 Å². The Balaban J connectivity index is 4.14. The van der Waals surface area contributed by atoms with Crippen molar-refractivity contribution in [2.75, 3.05) is 24.6 Å². The van der Waals surface area contributed by atoms with E-state index in [1.54, 1.807) is 6.92 Å². The molecule has 0 aliphatic heterocycles. The Labute approximate surface area is 202 Å². The van der Waals surface area contributed by atoms with Crippen molar-refractivity contribution in [1.82, 2.24) is 10.6 Å². The van der Waals surface area contributed by atoms with Crippen LogP contribution in [-0.2, 0) is 19.2 Å². The largest absolute Gasteiger partial charge is 0.481 e. The molecule has 0 radical (unpaired) electrons. The highest BCUT2D eigenvalue weighted by molar-refractivity contribution is 7.99. The van der Waals surface area contributed by atoms with Crippen molar-refractivity contribution < 1.29 is 24.3 Å². The number of hydrogen-bond acceptors (Lipinski definition) is 6. The van der Waals surface area contributed by atoms with Gasteiger partial charge in [-0.15, -0.1) is 0 Å². The summed E-state index contributed by atoms with van der Waals surface area (Å²) in [5.41, 5.74) is 10.7. The van der Waals surface area contributed by atoms with E-state index in [9.17, 15) is 19.2 Å². The molecule has 0 aromatic carbocycles. The molecule has 0 rings (SSSR count). The topological polar surface area (TPSA) is 165 Å². The summed E-state index contributed by atoms with van der Waals surface area (Å²) < 4.78 is 0. The number of primary amides is 1. The predicted molar refractivity (Wildman–Crippen MR) is 133 cm³/mol. The molecule has 0 saturated heterocycles. The van der Waals surface area contributed by atoms with Gasteiger partial charge in [0.25, 0.3) is 0 Å². The fourth-order valence-corrected chi connectivity index (χ4v) is 4.11. The van der Waals surface area contributed by atoms with Crippen molar-refractivity contribution in [1.29, 1.82) is 0 Å². The molecule has 0 aromatic rings. The van der Waals surface area contributed by atoms with Gasteiger partial charge in [0.05, 0.1) is 5.75 Å². The van der Waals surface area contributed by atoms with Gasteiger partial charge in [0.1, 0.15) is 6.04 Å². The third kappa shape index (κ3) is 19.4. The van der Waals surface area contributed by atoms with Crippen molar-refractivity contribution in [3.05, 3.63) is 0 Å². The van der Waals surface area contributed by atoms with Crippen LogP contribution in [0.1, 0.15) is 84.0 Å². The lowest BCUT2D eigenvalue weighted by Gasteiger charge is -2.20. The van der Waals surface area contributed by atoms with Crippen LogP contribution in [0.15, 0.2) is 0 Å². The van der Waals surface area contributed by atoms with Crippen molar-refractivity contribution in [2.45, 2.75) is 90.0 Å². The molecule has 0 spiro atoms. The highest BCUT2D eigenvalue weighted by Crippen LogP contribution is 2.11. The van der Waals surface area contributed by atoms with Gasteiger partial charge in [0, 0.05) is 24.6 Å². The van der Waals surface area contributed by atoms with E-state index in [-0.39, 0.29) is 29.9 Å². The molecular weight excluding hydrogens is 444 g/mol. The number of carboxylic acids is 1. The highest BCUT2D eigenvalue weighted by atomic mass is 32.2. The molecule has 7 N–H and O–H groups in total. The number of amides is 3. The smallest absolute Gasteiger partial charge is 0.303 e. The molecule has 33 heavy (non-hydrogen) atoms. The van der Waals surface area contributed by atoms with Crippen LogP contribution < -0.4 is 22.1 Å². The van der Waals surface area contributed by atoms with Crippen LogP contribution in [0.25, 0.3) is 0 Å². The first-order chi connectivity index (χ1) is 15.8. The predicted octanol–water partition coefficient (Wildman–Crippen LogP) is 2.17. The number of nitrogens with two attached hydrogens (primary N) is 2. The van der Waals surface area contributed by atoms with Crippen molar-refractivity contribution >= 4 is 35.5 Å². The zero-order chi connectivity index (χ0) is 24.9. The minimum absolute atomic E-state index is 0.169. The van der Waals surface area contributed by atoms with E-state index in [0.29, 0.717) is 25.3 Å². The quantitative estimate of drug-likeness (QED) is 0.146. The van der Waals surface area contributed by atoms with Crippen LogP contribution in [0.5, 0.6) is 0 Å². The Kier molecular flexibility index (Phi) is 19.6. The fraction of sp³-hybridized carbons (Fsp3) is 0.826. The molecule has 0 aliphatic carbocycles. The third-order valence-corrected chi connectivity index (χ3v) is 6.48. The molecule has 10 heteroatoms. The first-order valence-corrected chi connectivity index (χ1v) is 13.3. The average molecular weight is 489 g/mol. The monoisotopic (exact) mass is 488 g/mol. The van der Waals surface area contributed by atoms with Crippen molar-refractivity contribution in [3.63, 3.8) is 0 Å². The van der Waals surface area contributed by atoms with E-state index in [1.807, 2.05) is 0 Å². The lowest BCUT2D eigenvalue weighted by molar-refractivity contribution is -0.137. The minimum atomic E-state index is -0.730. The van der Waals surface area contributed by atoms with Crippen LogP contribution in [0, 0.1) is 5.92 Å². The molecule has 0 aromatic heterocycles. The SMILES string of the molecule is C[C@@H](CSCC(N)=O)C(=O)N[C@@H](CCCCN)C(=O)NCCCCCCCCCCC(=O)O. The lowest BCUT2D eigenvalue weighted by atomic mass is 10.1. The van der Waals surface area contributed by atoms with Gasteiger partial charge in [-0.1, -0.05) is 45.4 Å². The van der Waals surface area contributed by atoms with E-state index < -0.39 is 17.9 Å². The Morgan fingerprint density at radius 2 is 1.48 bits per heavy atom. The number of unbranched alkanes of at least 4 members (excludes halogenated alkanes) is 8. The van der Waals surface area contributed by atoms with Gasteiger partial charge in [-0.2, -0.15) is 11.8 Å². The van der Waals surface area contributed by atoms with Crippen molar-refractivity contribution in [2.24, 2.45) is 17.4 Å². The van der Waals surface area contributed by atoms with Crippen LogP contribution in [-0.4, -0.2) is 59.4 Å². The zero-order valence-electron chi connectivity index (χ0n) is 20.1. The number of carboxylic acid groups (broad SMARTS) is 1. The summed E-state index contributed by atoms with van der Waals surface area (Å²) in [6.07, 6.45) is 10.3. The van der Waals surface area contributed by atoms with Gasteiger partial charge in [-0.05, 0) is 38.6 Å². The van der Waals surface area contributed by atoms with E-state index in [0.717, 1.165) is 64.2 Å². The second-order valence-corrected chi connectivity index (χ2v) is 9.52. The molecule has 0 heterocycles. The number of carbonyl (C=O) groups excluding carboxylic acids is 3. The Hall–Kier alpha value is -1.81. The minimum Gasteiger partial charge on any atom is -0.481 e. The van der Waals surface area contributed by atoms with Crippen LogP contribution in [0.4, 0.5) is 0 Å². The second kappa shape index (κ2) is 20.8. The van der Waals surface area contributed by atoms with E-state index in [2.05, 4.69) is 10.6 Å². The highest BCUT2D eigenvalue weighted by Gasteiger charge is 2.23. The first kappa shape index (κ1) is 31.2. The zero-order valence-corrected chi connectivity index (χ0v) is 20.9. The van der Waals surface area contributed by atoms with Crippen LogP contribution in [0.2, 0.25) is 0 Å². The Morgan fingerprint density at radius 1 is 0.879 bits per heavy atom. The molecule has 0 aliphatic rings. The number of thioether (sulfide) groups is 1. The summed E-state index contributed by atoms with van der Waals surface area (Å²) in [6.45, 7) is 2.89. The van der Waals surface area contributed by atoms with Crippen molar-refractivity contribution in [3.8, 4) is 0 Å². The maximum Gasteiger partial charge on any atom is 0.303 e. The maximum absolute atomic E-state index is 12.6. The van der Waals surface area contributed by atoms with Gasteiger partial charge >= 0.3 is 5.97 Å². The van der Waals surface area contributed by atoms with Crippen LogP contribution >= 0.6 is 11.8 Å². The summed E-state index contributed by atoms with van der Waals surface area (Å²) in [6, 6.07) is -0.585. The van der Waals surface area contributed by atoms with Gasteiger partial charge < -0.3 is 27.2 Å². The van der Waals surface area contributed by atoms with Gasteiger partial charge in [0.15, 0.2) is 0 Å². The molecule has 0 bridgehead atoms. The molecule has 2 atom stereocenters. The molecule has 0 fully saturated rings. The Morgan fingerprint density at radius 3 is 2.06 bits per heavy atom. The molecular formula is C23H44N4O5S. The average Bonchev–Trinajstić information content (AvgIpc) is 2.76. The summed E-state index contributed by atoms with van der Waals surface area (Å²) >= 11 is 1.31. The summed E-state index contributed by atoms with van der Waals surface area (Å²) in [5.74, 6) is -1.22. The number of nitrogens with one attached hydrogen (secondary N) is 2. The number of rotatable bonds is 22. The normalized spacial score (nSPS) is 12.7. The maximum atomic E-state index is 12.6. The fourth-order valence-electron chi connectivity index (χ4n) is 3.28. The Bertz CT molecular complexity index is 577. The molecule has 0 saturated carbocycles. The molecule has 3 amide bonds. The standard InChI is InChI=1S/C23H44N4O5S/c1-18(16-33-17-20(25)28)22(31)27-19(12-9-10-14-24)23(32)26-15-11-7-5-3-2-4-6-8-13-21(29)30/h18-19H,2-17,24H2,1H3,(H2,25,28)(H,26,32)(H,27,31)(H,29,30)/t18-,19-/m0/s1. The van der Waals surface area contributed by atoms with E-state index >= 15 is 0 Å². The summed E-state index contributed by atoms with van der Waals surface area (Å²) in [7, 11) is 0. The first-order valence-electron chi connectivity index (χ1n) is 12.1. The van der Waals surface area contributed by atoms with Gasteiger partial charge in [-0.3, -0.25) is 19.2 Å². The van der Waals surface area contributed by atoms with E-state index in [1.165, 1.54) is 11.8 Å². The summed E-state index contributed by atoms with van der Waals surface area (Å²) in [4.78, 5) is 46.4. The summed E-state index contributed by atoms with van der Waals surface area (Å²) in [5, 5.41) is 14.4. The van der Waals surface area contributed by atoms with Gasteiger partial charge in [-0.25, -0.2) is 0 Å². The number of hydrogen-bond donors (Lipinski definition) is 5. The van der Waals surface area contributed by atoms with Gasteiger partial charge in [0.2, 0.25) is 17.7 Å². The third-order valence-electron chi connectivity index (χ3n) is 5.26. The van der Waals surface area contributed by atoms with E-state index in [4.69, 9.17) is 16.6 Å². The number of aliphatic carboxylic acids is 1. The lowest BCUT2D eigenvalue weighted by Crippen LogP contribution is -2.48.